The summed E-state index contributed by atoms with van der Waals surface area (Å²) in [6, 6.07) is 5.22. The van der Waals surface area contributed by atoms with Crippen LogP contribution in [0, 0.1) is 0 Å². The van der Waals surface area contributed by atoms with Crippen LogP contribution in [0.25, 0.3) is 6.08 Å². The fraction of sp³-hybridized carbons (Fsp3) is 0.357. The first-order valence-electron chi connectivity index (χ1n) is 5.96. The number of methoxy groups -OCH3 is 1. The van der Waals surface area contributed by atoms with E-state index in [0.29, 0.717) is 29.5 Å². The van der Waals surface area contributed by atoms with Crippen LogP contribution in [0.4, 0.5) is 0 Å². The molecule has 5 heteroatoms. The van der Waals surface area contributed by atoms with Crippen molar-refractivity contribution >= 4 is 23.6 Å². The molecule has 0 saturated carbocycles. The van der Waals surface area contributed by atoms with Crippen LogP contribution < -0.4 is 4.74 Å². The summed E-state index contributed by atoms with van der Waals surface area (Å²) in [6.45, 7) is 1.21. The van der Waals surface area contributed by atoms with E-state index in [9.17, 15) is 4.79 Å². The summed E-state index contributed by atoms with van der Waals surface area (Å²) in [6.07, 6.45) is 4.28. The van der Waals surface area contributed by atoms with E-state index in [2.05, 4.69) is 0 Å². The molecule has 0 aliphatic carbocycles. The number of ether oxygens (including phenoxy) is 2. The molecule has 0 unspecified atom stereocenters. The number of rotatable bonds is 8. The molecule has 0 atom stereocenters. The predicted octanol–water partition coefficient (Wildman–Crippen LogP) is 3.24. The lowest BCUT2D eigenvalue weighted by molar-refractivity contribution is -0.131. The van der Waals surface area contributed by atoms with Gasteiger partial charge in [-0.3, -0.25) is 0 Å². The van der Waals surface area contributed by atoms with Gasteiger partial charge in [0.25, 0.3) is 0 Å². The Morgan fingerprint density at radius 2 is 2.11 bits per heavy atom. The summed E-state index contributed by atoms with van der Waals surface area (Å²) in [5, 5.41) is 9.11. The minimum absolute atomic E-state index is 0.472. The minimum Gasteiger partial charge on any atom is -0.491 e. The molecule has 0 spiro atoms. The van der Waals surface area contributed by atoms with Crippen molar-refractivity contribution in [3.8, 4) is 5.75 Å². The Labute approximate surface area is 117 Å². The monoisotopic (exact) mass is 284 g/mol. The van der Waals surface area contributed by atoms with Crippen LogP contribution in [-0.4, -0.2) is 31.4 Å². The summed E-state index contributed by atoms with van der Waals surface area (Å²) in [5.74, 6) is -0.495. The lowest BCUT2D eigenvalue weighted by atomic mass is 10.2. The van der Waals surface area contributed by atoms with Gasteiger partial charge in [-0.1, -0.05) is 23.7 Å². The van der Waals surface area contributed by atoms with Crippen molar-refractivity contribution in [2.24, 2.45) is 0 Å². The van der Waals surface area contributed by atoms with Gasteiger partial charge in [0.2, 0.25) is 0 Å². The highest BCUT2D eigenvalue weighted by Gasteiger charge is 2.06. The molecule has 1 aromatic rings. The first-order valence-corrected chi connectivity index (χ1v) is 6.34. The molecule has 1 aromatic carbocycles. The predicted molar refractivity (Wildman–Crippen MR) is 74.7 cm³/mol. The number of benzene rings is 1. The molecule has 0 aliphatic heterocycles. The van der Waals surface area contributed by atoms with Crippen LogP contribution in [0.15, 0.2) is 24.3 Å². The van der Waals surface area contributed by atoms with E-state index in [0.717, 1.165) is 18.9 Å². The van der Waals surface area contributed by atoms with Gasteiger partial charge in [0.05, 0.1) is 11.6 Å². The van der Waals surface area contributed by atoms with Crippen LogP contribution in [0.5, 0.6) is 5.75 Å². The maximum atomic E-state index is 10.5. The number of hydrogen-bond acceptors (Lipinski definition) is 3. The van der Waals surface area contributed by atoms with Crippen molar-refractivity contribution in [1.82, 2.24) is 0 Å². The summed E-state index contributed by atoms with van der Waals surface area (Å²) < 4.78 is 10.6. The number of halogens is 1. The van der Waals surface area contributed by atoms with Gasteiger partial charge in [-0.2, -0.15) is 0 Å². The Morgan fingerprint density at radius 3 is 2.79 bits per heavy atom. The van der Waals surface area contributed by atoms with Crippen molar-refractivity contribution in [3.63, 3.8) is 0 Å². The molecule has 0 aromatic heterocycles. The molecule has 0 saturated heterocycles. The lowest BCUT2D eigenvalue weighted by Crippen LogP contribution is -2.01. The summed E-state index contributed by atoms with van der Waals surface area (Å²) in [4.78, 5) is 10.5. The topological polar surface area (TPSA) is 55.8 Å². The van der Waals surface area contributed by atoms with E-state index >= 15 is 0 Å². The Balaban J connectivity index is 2.66. The molecule has 0 amide bonds. The zero-order chi connectivity index (χ0) is 14.1. The molecule has 1 N–H and O–H groups in total. The van der Waals surface area contributed by atoms with Gasteiger partial charge >= 0.3 is 5.97 Å². The Hall–Kier alpha value is -1.52. The van der Waals surface area contributed by atoms with Crippen LogP contribution in [0.2, 0.25) is 5.02 Å². The third kappa shape index (κ3) is 5.77. The number of unbranched alkanes of at least 4 members (excludes halogenated alkanes) is 1. The minimum atomic E-state index is -1.01. The van der Waals surface area contributed by atoms with Gasteiger partial charge in [0, 0.05) is 25.4 Å². The Bertz CT molecular complexity index is 443. The van der Waals surface area contributed by atoms with Crippen LogP contribution >= 0.6 is 11.6 Å². The van der Waals surface area contributed by atoms with E-state index in [1.807, 2.05) is 0 Å². The van der Waals surface area contributed by atoms with Gasteiger partial charge in [-0.05, 0) is 25.0 Å². The number of carboxylic acid groups (broad SMARTS) is 1. The average molecular weight is 285 g/mol. The molecular formula is C14H17ClO4. The van der Waals surface area contributed by atoms with Crippen molar-refractivity contribution in [2.45, 2.75) is 12.8 Å². The highest BCUT2D eigenvalue weighted by atomic mass is 35.5. The van der Waals surface area contributed by atoms with E-state index in [1.54, 1.807) is 25.3 Å². The fourth-order valence-corrected chi connectivity index (χ4v) is 1.73. The second-order valence-corrected chi connectivity index (χ2v) is 4.29. The highest BCUT2D eigenvalue weighted by molar-refractivity contribution is 6.32. The van der Waals surface area contributed by atoms with Gasteiger partial charge in [0.1, 0.15) is 5.75 Å². The number of carboxylic acids is 1. The fourth-order valence-electron chi connectivity index (χ4n) is 1.49. The van der Waals surface area contributed by atoms with Crippen LogP contribution in [-0.2, 0) is 9.53 Å². The maximum Gasteiger partial charge on any atom is 0.328 e. The van der Waals surface area contributed by atoms with Crippen molar-refractivity contribution in [3.05, 3.63) is 34.9 Å². The largest absolute Gasteiger partial charge is 0.491 e. The smallest absolute Gasteiger partial charge is 0.328 e. The summed E-state index contributed by atoms with van der Waals surface area (Å²) >= 11 is 6.05. The van der Waals surface area contributed by atoms with Gasteiger partial charge in [-0.25, -0.2) is 4.79 Å². The zero-order valence-corrected chi connectivity index (χ0v) is 11.5. The molecule has 0 heterocycles. The zero-order valence-electron chi connectivity index (χ0n) is 10.8. The van der Waals surface area contributed by atoms with E-state index in [1.165, 1.54) is 6.08 Å². The first kappa shape index (κ1) is 15.5. The SMILES string of the molecule is COCCCCOc1c(Cl)cccc1/C=C/C(=O)O. The lowest BCUT2D eigenvalue weighted by Gasteiger charge is -2.10. The molecular weight excluding hydrogens is 268 g/mol. The number of aliphatic carboxylic acids is 1. The van der Waals surface area contributed by atoms with Gasteiger partial charge < -0.3 is 14.6 Å². The Kier molecular flexibility index (Phi) is 7.00. The molecule has 0 bridgehead atoms. The van der Waals surface area contributed by atoms with E-state index < -0.39 is 5.97 Å². The van der Waals surface area contributed by atoms with Crippen molar-refractivity contribution in [1.29, 1.82) is 0 Å². The molecule has 104 valence electrons. The molecule has 0 aliphatic rings. The summed E-state index contributed by atoms with van der Waals surface area (Å²) in [7, 11) is 1.66. The standard InChI is InChI=1S/C14H17ClO4/c1-18-9-2-3-10-19-14-11(7-8-13(16)17)5-4-6-12(14)15/h4-8H,2-3,9-10H2,1H3,(H,16,17)/b8-7+. The second-order valence-electron chi connectivity index (χ2n) is 3.88. The number of hydrogen-bond donors (Lipinski definition) is 1. The van der Waals surface area contributed by atoms with Gasteiger partial charge in [0.15, 0.2) is 0 Å². The second kappa shape index (κ2) is 8.56. The average Bonchev–Trinajstić information content (AvgIpc) is 2.38. The van der Waals surface area contributed by atoms with Crippen LogP contribution in [0.3, 0.4) is 0 Å². The number of carbonyl (C=O) groups is 1. The maximum absolute atomic E-state index is 10.5. The van der Waals surface area contributed by atoms with Gasteiger partial charge in [-0.15, -0.1) is 0 Å². The molecule has 0 fully saturated rings. The van der Waals surface area contributed by atoms with Crippen molar-refractivity contribution < 1.29 is 19.4 Å². The Morgan fingerprint density at radius 1 is 1.37 bits per heavy atom. The van der Waals surface area contributed by atoms with Crippen molar-refractivity contribution in [2.75, 3.05) is 20.3 Å². The normalized spacial score (nSPS) is 10.8. The summed E-state index contributed by atoms with van der Waals surface area (Å²) in [5.41, 5.74) is 0.654. The van der Waals surface area contributed by atoms with E-state index in [-0.39, 0.29) is 0 Å². The molecule has 0 radical (unpaired) electrons. The molecule has 4 nitrogen and oxygen atoms in total. The third-order valence-electron chi connectivity index (χ3n) is 2.39. The highest BCUT2D eigenvalue weighted by Crippen LogP contribution is 2.29. The number of para-hydroxylation sites is 1. The third-order valence-corrected chi connectivity index (χ3v) is 2.69. The van der Waals surface area contributed by atoms with E-state index in [4.69, 9.17) is 26.2 Å². The molecule has 19 heavy (non-hydrogen) atoms. The first-order chi connectivity index (χ1) is 9.15. The quantitative estimate of drug-likeness (QED) is 0.588. The van der Waals surface area contributed by atoms with Crippen LogP contribution in [0.1, 0.15) is 18.4 Å². The molecule has 1 rings (SSSR count).